The number of ether oxygens (including phenoxy) is 2. The van der Waals surface area contributed by atoms with E-state index in [-0.39, 0.29) is 24.3 Å². The smallest absolute Gasteiger partial charge is 0.234 e. The van der Waals surface area contributed by atoms with Crippen molar-refractivity contribution in [3.8, 4) is 22.9 Å². The third-order valence-corrected chi connectivity index (χ3v) is 5.28. The molecule has 9 heteroatoms. The topological polar surface area (TPSA) is 78.3 Å². The molecule has 1 amide bonds. The molecule has 0 spiro atoms. The number of nitrogens with zero attached hydrogens (tertiary/aromatic N) is 3. The summed E-state index contributed by atoms with van der Waals surface area (Å²) in [5.41, 5.74) is 2.10. The maximum atomic E-state index is 13.2. The standard InChI is InChI=1S/C19H17FN4O3S/c1-11-7-13(20)4-5-14(11)21-17(25)9-28-19-23-22-18(24(19)2)12-3-6-15-16(8-12)27-10-26-15/h3-8H,9-10H2,1-2H3,(H,21,25). The zero-order chi connectivity index (χ0) is 19.7. The van der Waals surface area contributed by atoms with Crippen LogP contribution in [0.5, 0.6) is 11.5 Å². The summed E-state index contributed by atoms with van der Waals surface area (Å²) in [5, 5.41) is 11.8. The molecule has 1 aliphatic rings. The van der Waals surface area contributed by atoms with Crippen molar-refractivity contribution < 1.29 is 18.7 Å². The molecule has 1 aromatic heterocycles. The number of nitrogens with one attached hydrogen (secondary N) is 1. The molecule has 0 fully saturated rings. The molecule has 144 valence electrons. The molecule has 0 saturated carbocycles. The first kappa shape index (κ1) is 18.3. The summed E-state index contributed by atoms with van der Waals surface area (Å²) in [6.45, 7) is 1.95. The predicted molar refractivity (Wildman–Crippen MR) is 103 cm³/mol. The molecule has 0 unspecified atom stereocenters. The molecule has 3 aromatic rings. The summed E-state index contributed by atoms with van der Waals surface area (Å²) in [7, 11) is 1.84. The van der Waals surface area contributed by atoms with Crippen molar-refractivity contribution >= 4 is 23.4 Å². The number of benzene rings is 2. The molecule has 28 heavy (non-hydrogen) atoms. The highest BCUT2D eigenvalue weighted by Gasteiger charge is 2.18. The van der Waals surface area contributed by atoms with E-state index >= 15 is 0 Å². The molecule has 2 heterocycles. The minimum atomic E-state index is -0.333. The number of aromatic nitrogens is 3. The number of anilines is 1. The number of amides is 1. The average Bonchev–Trinajstić information content (AvgIpc) is 3.28. The SMILES string of the molecule is Cc1cc(F)ccc1NC(=O)CSc1nnc(-c2ccc3c(c2)OCO3)n1C. The van der Waals surface area contributed by atoms with Gasteiger partial charge in [0.05, 0.1) is 5.75 Å². The number of carbonyl (C=O) groups is 1. The van der Waals surface area contributed by atoms with E-state index in [1.54, 1.807) is 13.0 Å². The normalized spacial score (nSPS) is 12.2. The largest absolute Gasteiger partial charge is 0.454 e. The fraction of sp³-hybridized carbons (Fsp3) is 0.211. The first-order valence-electron chi connectivity index (χ1n) is 8.49. The second-order valence-electron chi connectivity index (χ2n) is 6.23. The molecule has 0 saturated heterocycles. The highest BCUT2D eigenvalue weighted by atomic mass is 32.2. The van der Waals surface area contributed by atoms with Crippen LogP contribution in [0.1, 0.15) is 5.56 Å². The van der Waals surface area contributed by atoms with E-state index in [1.165, 1.54) is 23.9 Å². The van der Waals surface area contributed by atoms with Crippen molar-refractivity contribution in [1.29, 1.82) is 0 Å². The van der Waals surface area contributed by atoms with Crippen LogP contribution in [0.2, 0.25) is 0 Å². The number of halogens is 1. The lowest BCUT2D eigenvalue weighted by molar-refractivity contribution is -0.113. The van der Waals surface area contributed by atoms with E-state index in [0.717, 1.165) is 5.56 Å². The van der Waals surface area contributed by atoms with Gasteiger partial charge in [0.25, 0.3) is 0 Å². The lowest BCUT2D eigenvalue weighted by atomic mass is 10.2. The first-order valence-corrected chi connectivity index (χ1v) is 9.48. The molecule has 1 aliphatic heterocycles. The number of rotatable bonds is 5. The molecule has 0 bridgehead atoms. The third kappa shape index (κ3) is 3.65. The Kier molecular flexibility index (Phi) is 4.91. The Labute approximate surface area is 164 Å². The fourth-order valence-corrected chi connectivity index (χ4v) is 3.52. The Morgan fingerprint density at radius 2 is 2.04 bits per heavy atom. The van der Waals surface area contributed by atoms with Crippen LogP contribution in [-0.2, 0) is 11.8 Å². The van der Waals surface area contributed by atoms with Gasteiger partial charge in [0.1, 0.15) is 5.82 Å². The Morgan fingerprint density at radius 3 is 2.86 bits per heavy atom. The molecule has 7 nitrogen and oxygen atoms in total. The second kappa shape index (κ2) is 7.51. The van der Waals surface area contributed by atoms with Gasteiger partial charge in [-0.2, -0.15) is 0 Å². The third-order valence-electron chi connectivity index (χ3n) is 4.26. The number of thioether (sulfide) groups is 1. The highest BCUT2D eigenvalue weighted by molar-refractivity contribution is 7.99. The van der Waals surface area contributed by atoms with E-state index in [1.807, 2.05) is 29.8 Å². The summed E-state index contributed by atoms with van der Waals surface area (Å²) in [4.78, 5) is 12.2. The Hall–Kier alpha value is -3.07. The first-order chi connectivity index (χ1) is 13.5. The molecular formula is C19H17FN4O3S. The van der Waals surface area contributed by atoms with Crippen LogP contribution in [0.3, 0.4) is 0 Å². The zero-order valence-corrected chi connectivity index (χ0v) is 16.0. The van der Waals surface area contributed by atoms with Crippen molar-refractivity contribution in [2.75, 3.05) is 17.9 Å². The summed E-state index contributed by atoms with van der Waals surface area (Å²) < 4.78 is 25.7. The van der Waals surface area contributed by atoms with E-state index in [9.17, 15) is 9.18 Å². The Bertz CT molecular complexity index is 1050. The fourth-order valence-electron chi connectivity index (χ4n) is 2.81. The molecular weight excluding hydrogens is 383 g/mol. The van der Waals surface area contributed by atoms with Gasteiger partial charge in [-0.15, -0.1) is 10.2 Å². The van der Waals surface area contributed by atoms with Crippen molar-refractivity contribution in [3.05, 3.63) is 47.8 Å². The van der Waals surface area contributed by atoms with Gasteiger partial charge in [-0.05, 0) is 48.9 Å². The number of aryl methyl sites for hydroxylation is 1. The summed E-state index contributed by atoms with van der Waals surface area (Å²) >= 11 is 1.27. The minimum Gasteiger partial charge on any atom is -0.454 e. The monoisotopic (exact) mass is 400 g/mol. The van der Waals surface area contributed by atoms with E-state index in [4.69, 9.17) is 9.47 Å². The Balaban J connectivity index is 1.42. The van der Waals surface area contributed by atoms with Crippen LogP contribution in [0.4, 0.5) is 10.1 Å². The van der Waals surface area contributed by atoms with Crippen LogP contribution in [0, 0.1) is 12.7 Å². The average molecular weight is 400 g/mol. The number of hydrogen-bond acceptors (Lipinski definition) is 6. The van der Waals surface area contributed by atoms with Crippen LogP contribution < -0.4 is 14.8 Å². The highest BCUT2D eigenvalue weighted by Crippen LogP contribution is 2.35. The van der Waals surface area contributed by atoms with Gasteiger partial charge in [-0.3, -0.25) is 4.79 Å². The van der Waals surface area contributed by atoms with Crippen LogP contribution >= 0.6 is 11.8 Å². The lowest BCUT2D eigenvalue weighted by Crippen LogP contribution is -2.15. The van der Waals surface area contributed by atoms with Crippen molar-refractivity contribution in [2.24, 2.45) is 7.05 Å². The van der Waals surface area contributed by atoms with Crippen LogP contribution in [0.15, 0.2) is 41.6 Å². The number of fused-ring (bicyclic) bond motifs is 1. The van der Waals surface area contributed by atoms with Gasteiger partial charge >= 0.3 is 0 Å². The number of carbonyl (C=O) groups excluding carboxylic acids is 1. The van der Waals surface area contributed by atoms with Gasteiger partial charge in [0.15, 0.2) is 22.5 Å². The van der Waals surface area contributed by atoms with Crippen LogP contribution in [-0.4, -0.2) is 33.2 Å². The summed E-state index contributed by atoms with van der Waals surface area (Å²) in [5.74, 6) is 1.66. The second-order valence-corrected chi connectivity index (χ2v) is 7.17. The summed E-state index contributed by atoms with van der Waals surface area (Å²) in [6, 6.07) is 9.81. The van der Waals surface area contributed by atoms with E-state index < -0.39 is 0 Å². The maximum Gasteiger partial charge on any atom is 0.234 e. The Morgan fingerprint density at radius 1 is 1.21 bits per heavy atom. The van der Waals surface area contributed by atoms with Gasteiger partial charge < -0.3 is 19.4 Å². The van der Waals surface area contributed by atoms with Crippen molar-refractivity contribution in [1.82, 2.24) is 14.8 Å². The molecule has 0 radical (unpaired) electrons. The molecule has 0 atom stereocenters. The maximum absolute atomic E-state index is 13.2. The van der Waals surface area contributed by atoms with Gasteiger partial charge in [0.2, 0.25) is 12.7 Å². The molecule has 2 aromatic carbocycles. The van der Waals surface area contributed by atoms with E-state index in [0.29, 0.717) is 33.7 Å². The lowest BCUT2D eigenvalue weighted by Gasteiger charge is -2.08. The molecule has 0 aliphatic carbocycles. The van der Waals surface area contributed by atoms with Crippen molar-refractivity contribution in [3.63, 3.8) is 0 Å². The van der Waals surface area contributed by atoms with E-state index in [2.05, 4.69) is 15.5 Å². The zero-order valence-electron chi connectivity index (χ0n) is 15.2. The van der Waals surface area contributed by atoms with Gasteiger partial charge in [-0.1, -0.05) is 11.8 Å². The van der Waals surface area contributed by atoms with Gasteiger partial charge in [0, 0.05) is 18.3 Å². The summed E-state index contributed by atoms with van der Waals surface area (Å²) in [6.07, 6.45) is 0. The minimum absolute atomic E-state index is 0.157. The quantitative estimate of drug-likeness (QED) is 0.662. The number of hydrogen-bond donors (Lipinski definition) is 1. The molecule has 1 N–H and O–H groups in total. The van der Waals surface area contributed by atoms with Gasteiger partial charge in [-0.25, -0.2) is 4.39 Å². The van der Waals surface area contributed by atoms with Crippen molar-refractivity contribution in [2.45, 2.75) is 12.1 Å². The predicted octanol–water partition coefficient (Wildman–Crippen LogP) is 3.39. The van der Waals surface area contributed by atoms with Crippen LogP contribution in [0.25, 0.3) is 11.4 Å². The molecule has 4 rings (SSSR count).